The van der Waals surface area contributed by atoms with Crippen LogP contribution in [-0.2, 0) is 0 Å². The molecule has 0 N–H and O–H groups in total. The van der Waals surface area contributed by atoms with E-state index < -0.39 is 0 Å². The average molecular weight is 268 g/mol. The molecule has 1 heterocycles. The number of ether oxygens (including phenoxy) is 1. The Morgan fingerprint density at radius 2 is 1.94 bits per heavy atom. The Morgan fingerprint density at radius 1 is 1.28 bits per heavy atom. The first-order valence-corrected chi connectivity index (χ1v) is 7.23. The number of alkyl halides is 1. The second-order valence-corrected chi connectivity index (χ2v) is 5.66. The minimum atomic E-state index is 0.577. The van der Waals surface area contributed by atoms with Gasteiger partial charge >= 0.3 is 0 Å². The van der Waals surface area contributed by atoms with Crippen LogP contribution in [0, 0.1) is 5.92 Å². The third-order valence-corrected chi connectivity index (χ3v) is 3.91. The second-order valence-electron chi connectivity index (χ2n) is 5.35. The highest BCUT2D eigenvalue weighted by atomic mass is 35.5. The molecule has 0 spiro atoms. The molecule has 0 aliphatic carbocycles. The normalized spacial score (nSPS) is 16.9. The van der Waals surface area contributed by atoms with Crippen molar-refractivity contribution in [3.63, 3.8) is 0 Å². The number of rotatable bonds is 6. The summed E-state index contributed by atoms with van der Waals surface area (Å²) in [5, 5.41) is 0. The molecule has 0 unspecified atom stereocenters. The van der Waals surface area contributed by atoms with Crippen molar-refractivity contribution in [2.45, 2.75) is 19.8 Å². The topological polar surface area (TPSA) is 12.5 Å². The monoisotopic (exact) mass is 267 g/mol. The van der Waals surface area contributed by atoms with Gasteiger partial charge in [-0.25, -0.2) is 0 Å². The Bertz CT molecular complexity index is 357. The maximum Gasteiger partial charge on any atom is 0.119 e. The molecule has 0 bridgehead atoms. The van der Waals surface area contributed by atoms with Crippen LogP contribution in [0.15, 0.2) is 24.3 Å². The molecule has 1 aliphatic rings. The van der Waals surface area contributed by atoms with E-state index in [-0.39, 0.29) is 0 Å². The summed E-state index contributed by atoms with van der Waals surface area (Å²) in [4.78, 5) is 2.38. The Hall–Kier alpha value is -0.730. The summed E-state index contributed by atoms with van der Waals surface area (Å²) in [7, 11) is 0. The number of hydrogen-bond donors (Lipinski definition) is 0. The van der Waals surface area contributed by atoms with E-state index in [9.17, 15) is 0 Å². The van der Waals surface area contributed by atoms with Crippen molar-refractivity contribution in [2.24, 2.45) is 5.92 Å². The first-order chi connectivity index (χ1) is 8.69. The summed E-state index contributed by atoms with van der Waals surface area (Å²) in [5.41, 5.74) is 1.36. The van der Waals surface area contributed by atoms with Gasteiger partial charge in [0.1, 0.15) is 12.4 Å². The molecule has 1 aliphatic heterocycles. The van der Waals surface area contributed by atoms with Gasteiger partial charge in [0, 0.05) is 25.5 Å². The standard InChI is InChI=1S/C15H22ClNO/c1-12(2)14-3-5-15(6-4-14)18-8-7-17-10-13(9-16)11-17/h3-6,12-13H,7-11H2,1-2H3. The fourth-order valence-corrected chi connectivity index (χ4v) is 2.39. The first kappa shape index (κ1) is 13.7. The molecule has 0 atom stereocenters. The zero-order valence-corrected chi connectivity index (χ0v) is 12.0. The van der Waals surface area contributed by atoms with Crippen LogP contribution in [0.25, 0.3) is 0 Å². The highest BCUT2D eigenvalue weighted by Gasteiger charge is 2.24. The number of nitrogens with zero attached hydrogens (tertiary/aromatic N) is 1. The third kappa shape index (κ3) is 3.63. The van der Waals surface area contributed by atoms with E-state index in [1.165, 1.54) is 5.56 Å². The first-order valence-electron chi connectivity index (χ1n) is 6.70. The fraction of sp³-hybridized carbons (Fsp3) is 0.600. The summed E-state index contributed by atoms with van der Waals surface area (Å²) >= 11 is 5.78. The van der Waals surface area contributed by atoms with Crippen LogP contribution in [-0.4, -0.2) is 37.0 Å². The zero-order valence-electron chi connectivity index (χ0n) is 11.2. The summed E-state index contributed by atoms with van der Waals surface area (Å²) in [6.45, 7) is 8.41. The lowest BCUT2D eigenvalue weighted by Crippen LogP contribution is -2.48. The molecule has 1 aromatic carbocycles. The van der Waals surface area contributed by atoms with Crippen molar-refractivity contribution >= 4 is 11.6 Å². The molecular weight excluding hydrogens is 246 g/mol. The lowest BCUT2D eigenvalue weighted by molar-refractivity contribution is 0.0950. The molecule has 2 rings (SSSR count). The van der Waals surface area contributed by atoms with E-state index >= 15 is 0 Å². The van der Waals surface area contributed by atoms with E-state index in [2.05, 4.69) is 43.0 Å². The summed E-state index contributed by atoms with van der Waals surface area (Å²) in [5.74, 6) is 3.02. The maximum atomic E-state index is 5.78. The predicted molar refractivity (Wildman–Crippen MR) is 76.7 cm³/mol. The molecular formula is C15H22ClNO. The van der Waals surface area contributed by atoms with Crippen LogP contribution in [0.3, 0.4) is 0 Å². The van der Waals surface area contributed by atoms with Gasteiger partial charge in [-0.2, -0.15) is 0 Å². The summed E-state index contributed by atoms with van der Waals surface area (Å²) in [6, 6.07) is 8.42. The van der Waals surface area contributed by atoms with Gasteiger partial charge in [-0.3, -0.25) is 4.90 Å². The molecule has 3 heteroatoms. The highest BCUT2D eigenvalue weighted by Crippen LogP contribution is 2.19. The molecule has 0 saturated carbocycles. The van der Waals surface area contributed by atoms with Crippen molar-refractivity contribution in [3.8, 4) is 5.75 Å². The van der Waals surface area contributed by atoms with Crippen LogP contribution in [0.1, 0.15) is 25.3 Å². The molecule has 0 radical (unpaired) electrons. The number of halogens is 1. The van der Waals surface area contributed by atoms with Crippen molar-refractivity contribution < 1.29 is 4.74 Å². The van der Waals surface area contributed by atoms with Gasteiger partial charge in [-0.1, -0.05) is 26.0 Å². The number of likely N-dealkylation sites (tertiary alicyclic amines) is 1. The number of hydrogen-bond acceptors (Lipinski definition) is 2. The SMILES string of the molecule is CC(C)c1ccc(OCCN2CC(CCl)C2)cc1. The lowest BCUT2D eigenvalue weighted by Gasteiger charge is -2.38. The van der Waals surface area contributed by atoms with Crippen molar-refractivity contribution in [1.29, 1.82) is 0 Å². The Balaban J connectivity index is 1.67. The number of benzene rings is 1. The summed E-state index contributed by atoms with van der Waals surface area (Å²) in [6.07, 6.45) is 0. The van der Waals surface area contributed by atoms with Gasteiger partial charge in [-0.05, 0) is 29.5 Å². The van der Waals surface area contributed by atoms with Crippen LogP contribution in [0.2, 0.25) is 0 Å². The lowest BCUT2D eigenvalue weighted by atomic mass is 10.0. The molecule has 2 nitrogen and oxygen atoms in total. The minimum Gasteiger partial charge on any atom is -0.492 e. The zero-order chi connectivity index (χ0) is 13.0. The van der Waals surface area contributed by atoms with Gasteiger partial charge in [-0.15, -0.1) is 11.6 Å². The van der Waals surface area contributed by atoms with Gasteiger partial charge in [0.25, 0.3) is 0 Å². The van der Waals surface area contributed by atoms with Gasteiger partial charge in [0.15, 0.2) is 0 Å². The van der Waals surface area contributed by atoms with Crippen LogP contribution in [0.5, 0.6) is 5.75 Å². The van der Waals surface area contributed by atoms with E-state index in [0.29, 0.717) is 11.8 Å². The molecule has 1 saturated heterocycles. The fourth-order valence-electron chi connectivity index (χ4n) is 2.20. The van der Waals surface area contributed by atoms with Crippen molar-refractivity contribution in [2.75, 3.05) is 32.1 Å². The summed E-state index contributed by atoms with van der Waals surface area (Å²) < 4.78 is 5.74. The van der Waals surface area contributed by atoms with Crippen LogP contribution in [0.4, 0.5) is 0 Å². The average Bonchev–Trinajstić information content (AvgIpc) is 2.32. The van der Waals surface area contributed by atoms with Gasteiger partial charge in [0.2, 0.25) is 0 Å². The molecule has 1 aromatic rings. The Kier molecular flexibility index (Phi) is 4.90. The largest absolute Gasteiger partial charge is 0.492 e. The second kappa shape index (κ2) is 6.44. The van der Waals surface area contributed by atoms with E-state index in [1.54, 1.807) is 0 Å². The Morgan fingerprint density at radius 3 is 2.50 bits per heavy atom. The van der Waals surface area contributed by atoms with Gasteiger partial charge < -0.3 is 4.74 Å². The molecule has 18 heavy (non-hydrogen) atoms. The van der Waals surface area contributed by atoms with E-state index in [1.807, 2.05) is 0 Å². The van der Waals surface area contributed by atoms with E-state index in [0.717, 1.165) is 37.9 Å². The quantitative estimate of drug-likeness (QED) is 0.733. The van der Waals surface area contributed by atoms with Crippen molar-refractivity contribution in [1.82, 2.24) is 4.90 Å². The molecule has 0 amide bonds. The predicted octanol–water partition coefficient (Wildman–Crippen LogP) is 3.36. The highest BCUT2D eigenvalue weighted by molar-refractivity contribution is 6.18. The maximum absolute atomic E-state index is 5.78. The van der Waals surface area contributed by atoms with Crippen LogP contribution >= 0.6 is 11.6 Å². The Labute approximate surface area is 115 Å². The smallest absolute Gasteiger partial charge is 0.119 e. The molecule has 1 fully saturated rings. The molecule has 100 valence electrons. The van der Waals surface area contributed by atoms with E-state index in [4.69, 9.17) is 16.3 Å². The van der Waals surface area contributed by atoms with Gasteiger partial charge in [0.05, 0.1) is 0 Å². The van der Waals surface area contributed by atoms with Crippen molar-refractivity contribution in [3.05, 3.63) is 29.8 Å². The third-order valence-electron chi connectivity index (χ3n) is 3.47. The minimum absolute atomic E-state index is 0.577. The molecule has 0 aromatic heterocycles. The van der Waals surface area contributed by atoms with Crippen LogP contribution < -0.4 is 4.74 Å².